The molecule has 0 atom stereocenters. The first kappa shape index (κ1) is 18.0. The average molecular weight is 347 g/mol. The maximum absolute atomic E-state index is 13.9. The highest BCUT2D eigenvalue weighted by Crippen LogP contribution is 2.25. The van der Waals surface area contributed by atoms with Gasteiger partial charge in [-0.25, -0.2) is 4.39 Å². The third kappa shape index (κ3) is 4.63. The molecule has 1 heterocycles. The van der Waals surface area contributed by atoms with Crippen LogP contribution in [0.3, 0.4) is 0 Å². The van der Waals surface area contributed by atoms with Gasteiger partial charge < -0.3 is 15.1 Å². The fraction of sp³-hybridized carbons (Fsp3) is 0.632. The number of piperazine rings is 1. The van der Waals surface area contributed by atoms with Crippen LogP contribution in [0.1, 0.15) is 19.8 Å². The van der Waals surface area contributed by atoms with Crippen molar-refractivity contribution in [2.45, 2.75) is 25.8 Å². The normalized spacial score (nSPS) is 18.8. The third-order valence-corrected chi connectivity index (χ3v) is 5.14. The Bertz CT molecular complexity index is 579. The van der Waals surface area contributed by atoms with E-state index < -0.39 is 0 Å². The summed E-state index contributed by atoms with van der Waals surface area (Å²) in [5.74, 6) is 0.818. The Morgan fingerprint density at radius 3 is 2.56 bits per heavy atom. The molecule has 0 bridgehead atoms. The standard InChI is InChI=1S/C19H30FN5/c1-3-23(16-8-9-16)11-10-22-19(21-2)25-14-12-24(13-15-25)18-7-5-4-6-17(18)20/h4-7,16H,3,8-15H2,1-2H3,(H,21,22). The SMILES string of the molecule is CCN(CCNC(=NC)N1CCN(c2ccccc2F)CC1)C1CC1. The van der Waals surface area contributed by atoms with Gasteiger partial charge in [-0.05, 0) is 31.5 Å². The van der Waals surface area contributed by atoms with Crippen molar-refractivity contribution in [2.24, 2.45) is 4.99 Å². The maximum atomic E-state index is 13.9. The van der Waals surface area contributed by atoms with Crippen molar-refractivity contribution >= 4 is 11.6 Å². The smallest absolute Gasteiger partial charge is 0.193 e. The lowest BCUT2D eigenvalue weighted by Crippen LogP contribution is -2.53. The van der Waals surface area contributed by atoms with Crippen LogP contribution in [0, 0.1) is 5.82 Å². The summed E-state index contributed by atoms with van der Waals surface area (Å²) in [5.41, 5.74) is 0.702. The second kappa shape index (κ2) is 8.52. The zero-order valence-corrected chi connectivity index (χ0v) is 15.4. The molecule has 1 aromatic carbocycles. The number of aliphatic imine (C=N–C) groups is 1. The topological polar surface area (TPSA) is 34.1 Å². The highest BCUT2D eigenvalue weighted by molar-refractivity contribution is 5.80. The number of anilines is 1. The van der Waals surface area contributed by atoms with Crippen LogP contribution in [0.2, 0.25) is 0 Å². The highest BCUT2D eigenvalue weighted by atomic mass is 19.1. The van der Waals surface area contributed by atoms with Gasteiger partial charge >= 0.3 is 0 Å². The summed E-state index contributed by atoms with van der Waals surface area (Å²) in [6.45, 7) is 8.67. The molecule has 1 N–H and O–H groups in total. The Kier molecular flexibility index (Phi) is 6.13. The largest absolute Gasteiger partial charge is 0.366 e. The second-order valence-corrected chi connectivity index (χ2v) is 6.76. The molecule has 2 fully saturated rings. The van der Waals surface area contributed by atoms with E-state index in [2.05, 4.69) is 31.9 Å². The number of para-hydroxylation sites is 1. The lowest BCUT2D eigenvalue weighted by Gasteiger charge is -2.38. The first-order valence-corrected chi connectivity index (χ1v) is 9.42. The van der Waals surface area contributed by atoms with Crippen LogP contribution in [0.5, 0.6) is 0 Å². The fourth-order valence-electron chi connectivity index (χ4n) is 3.55. The van der Waals surface area contributed by atoms with E-state index in [1.54, 1.807) is 6.07 Å². The van der Waals surface area contributed by atoms with Gasteiger partial charge in [-0.2, -0.15) is 0 Å². The number of guanidine groups is 1. The summed E-state index contributed by atoms with van der Waals surface area (Å²) in [5, 5.41) is 3.49. The number of nitrogens with zero attached hydrogens (tertiary/aromatic N) is 4. The van der Waals surface area contributed by atoms with Crippen molar-refractivity contribution in [3.05, 3.63) is 30.1 Å². The molecule has 25 heavy (non-hydrogen) atoms. The van der Waals surface area contributed by atoms with E-state index in [1.807, 2.05) is 19.2 Å². The Labute approximate surface area is 150 Å². The third-order valence-electron chi connectivity index (χ3n) is 5.14. The summed E-state index contributed by atoms with van der Waals surface area (Å²) in [4.78, 5) is 11.4. The Balaban J connectivity index is 1.46. The van der Waals surface area contributed by atoms with E-state index in [9.17, 15) is 4.39 Å². The number of benzene rings is 1. The quantitative estimate of drug-likeness (QED) is 0.631. The zero-order chi connectivity index (χ0) is 17.6. The summed E-state index contributed by atoms with van der Waals surface area (Å²) >= 11 is 0. The molecule has 1 saturated heterocycles. The minimum absolute atomic E-state index is 0.141. The van der Waals surface area contributed by atoms with Gasteiger partial charge in [0.25, 0.3) is 0 Å². The van der Waals surface area contributed by atoms with Crippen LogP contribution < -0.4 is 10.2 Å². The summed E-state index contributed by atoms with van der Waals surface area (Å²) < 4.78 is 13.9. The monoisotopic (exact) mass is 347 g/mol. The van der Waals surface area contributed by atoms with Gasteiger partial charge in [0.05, 0.1) is 5.69 Å². The number of hydrogen-bond acceptors (Lipinski definition) is 3. The van der Waals surface area contributed by atoms with Crippen LogP contribution in [0.15, 0.2) is 29.3 Å². The number of rotatable bonds is 6. The predicted molar refractivity (Wildman–Crippen MR) is 102 cm³/mol. The van der Waals surface area contributed by atoms with Crippen LogP contribution in [0.25, 0.3) is 0 Å². The highest BCUT2D eigenvalue weighted by Gasteiger charge is 2.27. The van der Waals surface area contributed by atoms with Gasteiger partial charge in [0, 0.05) is 52.4 Å². The van der Waals surface area contributed by atoms with Gasteiger partial charge in [-0.15, -0.1) is 0 Å². The van der Waals surface area contributed by atoms with Gasteiger partial charge in [0.1, 0.15) is 5.82 Å². The number of halogens is 1. The molecule has 0 unspecified atom stereocenters. The van der Waals surface area contributed by atoms with Crippen molar-refractivity contribution in [2.75, 3.05) is 57.8 Å². The van der Waals surface area contributed by atoms with Crippen LogP contribution in [0.4, 0.5) is 10.1 Å². The molecule has 1 aromatic rings. The van der Waals surface area contributed by atoms with Gasteiger partial charge in [-0.3, -0.25) is 9.89 Å². The molecular weight excluding hydrogens is 317 g/mol. The van der Waals surface area contributed by atoms with Gasteiger partial charge in [0.2, 0.25) is 0 Å². The molecule has 0 aromatic heterocycles. The molecule has 5 nitrogen and oxygen atoms in total. The molecule has 6 heteroatoms. The van der Waals surface area contributed by atoms with Crippen LogP contribution in [-0.2, 0) is 0 Å². The summed E-state index contributed by atoms with van der Waals surface area (Å²) in [6, 6.07) is 7.82. The van der Waals surface area contributed by atoms with Crippen LogP contribution >= 0.6 is 0 Å². The predicted octanol–water partition coefficient (Wildman–Crippen LogP) is 2.01. The number of hydrogen-bond donors (Lipinski definition) is 1. The van der Waals surface area contributed by atoms with E-state index in [0.29, 0.717) is 5.69 Å². The first-order chi connectivity index (χ1) is 12.2. The first-order valence-electron chi connectivity index (χ1n) is 9.42. The second-order valence-electron chi connectivity index (χ2n) is 6.76. The molecule has 1 aliphatic heterocycles. The summed E-state index contributed by atoms with van der Waals surface area (Å²) in [6.07, 6.45) is 2.70. The molecule has 0 radical (unpaired) electrons. The molecule has 0 spiro atoms. The van der Waals surface area contributed by atoms with E-state index in [-0.39, 0.29) is 5.82 Å². The van der Waals surface area contributed by atoms with Crippen molar-refractivity contribution < 1.29 is 4.39 Å². The zero-order valence-electron chi connectivity index (χ0n) is 15.4. The molecule has 0 amide bonds. The fourth-order valence-corrected chi connectivity index (χ4v) is 3.55. The Hall–Kier alpha value is -1.82. The molecule has 2 aliphatic rings. The van der Waals surface area contributed by atoms with E-state index >= 15 is 0 Å². The lowest BCUT2D eigenvalue weighted by molar-refractivity contribution is 0.279. The Morgan fingerprint density at radius 1 is 1.24 bits per heavy atom. The van der Waals surface area contributed by atoms with Crippen molar-refractivity contribution in [1.29, 1.82) is 0 Å². The van der Waals surface area contributed by atoms with E-state index in [0.717, 1.165) is 57.8 Å². The van der Waals surface area contributed by atoms with Gasteiger partial charge in [-0.1, -0.05) is 19.1 Å². The van der Waals surface area contributed by atoms with Crippen LogP contribution in [-0.4, -0.2) is 74.7 Å². The van der Waals surface area contributed by atoms with Crippen molar-refractivity contribution in [3.8, 4) is 0 Å². The van der Waals surface area contributed by atoms with E-state index in [4.69, 9.17) is 0 Å². The van der Waals surface area contributed by atoms with Crippen molar-refractivity contribution in [1.82, 2.24) is 15.1 Å². The minimum atomic E-state index is -0.141. The van der Waals surface area contributed by atoms with E-state index in [1.165, 1.54) is 18.9 Å². The molecule has 3 rings (SSSR count). The minimum Gasteiger partial charge on any atom is -0.366 e. The maximum Gasteiger partial charge on any atom is 0.193 e. The average Bonchev–Trinajstić information content (AvgIpc) is 3.48. The number of likely N-dealkylation sites (N-methyl/N-ethyl adjacent to an activating group) is 1. The van der Waals surface area contributed by atoms with Crippen molar-refractivity contribution in [3.63, 3.8) is 0 Å². The molecule has 138 valence electrons. The number of nitrogens with one attached hydrogen (secondary N) is 1. The molecule has 1 saturated carbocycles. The molecule has 1 aliphatic carbocycles. The van der Waals surface area contributed by atoms with Gasteiger partial charge in [0.15, 0.2) is 5.96 Å². The molecular formula is C19H30FN5. The lowest BCUT2D eigenvalue weighted by atomic mass is 10.2. The summed E-state index contributed by atoms with van der Waals surface area (Å²) in [7, 11) is 1.84. The Morgan fingerprint density at radius 2 is 1.96 bits per heavy atom.